The Kier molecular flexibility index (Phi) is 2.48. The third kappa shape index (κ3) is 1.86. The van der Waals surface area contributed by atoms with Crippen LogP contribution in [0, 0.1) is 0 Å². The third-order valence-corrected chi connectivity index (χ3v) is 3.19. The number of hydrogen-bond acceptors (Lipinski definition) is 3. The number of aromatic amines is 1. The molecule has 3 N–H and O–H groups in total. The Morgan fingerprint density at radius 1 is 1.24 bits per heavy atom. The SMILES string of the molecule is Nc1[nH]ncc1-c1ccccc1OC1CCC1. The number of nitrogen functional groups attached to an aromatic ring is 1. The fourth-order valence-electron chi connectivity index (χ4n) is 1.97. The van der Waals surface area contributed by atoms with Crippen LogP contribution in [0.5, 0.6) is 5.75 Å². The third-order valence-electron chi connectivity index (χ3n) is 3.19. The average molecular weight is 229 g/mol. The molecule has 1 saturated carbocycles. The zero-order valence-electron chi connectivity index (χ0n) is 9.52. The first-order valence-corrected chi connectivity index (χ1v) is 5.89. The normalized spacial score (nSPS) is 15.5. The number of anilines is 1. The molecule has 1 heterocycles. The summed E-state index contributed by atoms with van der Waals surface area (Å²) in [5, 5.41) is 6.69. The molecule has 0 amide bonds. The minimum atomic E-state index is 0.365. The Hall–Kier alpha value is -1.97. The molecule has 0 atom stereocenters. The lowest BCUT2D eigenvalue weighted by atomic mass is 9.96. The summed E-state index contributed by atoms with van der Waals surface area (Å²) < 4.78 is 5.96. The Balaban J connectivity index is 1.95. The van der Waals surface area contributed by atoms with Crippen LogP contribution in [0.25, 0.3) is 11.1 Å². The second-order valence-corrected chi connectivity index (χ2v) is 4.36. The number of aromatic nitrogens is 2. The van der Waals surface area contributed by atoms with Gasteiger partial charge < -0.3 is 10.5 Å². The first-order valence-electron chi connectivity index (χ1n) is 5.89. The number of H-pyrrole nitrogens is 1. The fourth-order valence-corrected chi connectivity index (χ4v) is 1.97. The first kappa shape index (κ1) is 10.2. The van der Waals surface area contributed by atoms with E-state index in [0.717, 1.165) is 29.7 Å². The van der Waals surface area contributed by atoms with Gasteiger partial charge in [0.05, 0.1) is 12.3 Å². The van der Waals surface area contributed by atoms with E-state index in [2.05, 4.69) is 10.2 Å². The van der Waals surface area contributed by atoms with E-state index in [0.29, 0.717) is 11.9 Å². The molecule has 0 saturated heterocycles. The summed E-state index contributed by atoms with van der Waals surface area (Å²) in [5.41, 5.74) is 7.75. The van der Waals surface area contributed by atoms with Crippen LogP contribution in [-0.4, -0.2) is 16.3 Å². The quantitative estimate of drug-likeness (QED) is 0.850. The molecule has 4 nitrogen and oxygen atoms in total. The van der Waals surface area contributed by atoms with E-state index in [9.17, 15) is 0 Å². The summed E-state index contributed by atoms with van der Waals surface area (Å²) >= 11 is 0. The zero-order chi connectivity index (χ0) is 11.7. The summed E-state index contributed by atoms with van der Waals surface area (Å²) in [7, 11) is 0. The molecule has 0 spiro atoms. The van der Waals surface area contributed by atoms with E-state index in [-0.39, 0.29) is 0 Å². The number of rotatable bonds is 3. The second-order valence-electron chi connectivity index (χ2n) is 4.36. The second kappa shape index (κ2) is 4.13. The van der Waals surface area contributed by atoms with Crippen molar-refractivity contribution in [1.82, 2.24) is 10.2 Å². The monoisotopic (exact) mass is 229 g/mol. The van der Waals surface area contributed by atoms with Crippen LogP contribution in [0.2, 0.25) is 0 Å². The maximum atomic E-state index is 5.96. The molecular weight excluding hydrogens is 214 g/mol. The lowest BCUT2D eigenvalue weighted by Crippen LogP contribution is -2.24. The Labute approximate surface area is 99.8 Å². The van der Waals surface area contributed by atoms with Gasteiger partial charge >= 0.3 is 0 Å². The van der Waals surface area contributed by atoms with E-state index in [1.54, 1.807) is 6.20 Å². The van der Waals surface area contributed by atoms with E-state index >= 15 is 0 Å². The maximum absolute atomic E-state index is 5.96. The highest BCUT2D eigenvalue weighted by molar-refractivity contribution is 5.77. The Morgan fingerprint density at radius 3 is 2.71 bits per heavy atom. The first-order chi connectivity index (χ1) is 8.34. The molecule has 0 bridgehead atoms. The van der Waals surface area contributed by atoms with Crippen molar-refractivity contribution in [2.24, 2.45) is 0 Å². The Bertz CT molecular complexity index is 517. The standard InChI is InChI=1S/C13H15N3O/c14-13-11(8-15-16-13)10-6-1-2-7-12(10)17-9-4-3-5-9/h1-2,6-9H,3-5H2,(H3,14,15,16). The van der Waals surface area contributed by atoms with Gasteiger partial charge in [0.1, 0.15) is 11.6 Å². The van der Waals surface area contributed by atoms with Crippen LogP contribution in [0.15, 0.2) is 30.5 Å². The summed E-state index contributed by atoms with van der Waals surface area (Å²) in [6.45, 7) is 0. The maximum Gasteiger partial charge on any atom is 0.127 e. The molecule has 1 aromatic carbocycles. The van der Waals surface area contributed by atoms with Crippen LogP contribution in [-0.2, 0) is 0 Å². The minimum Gasteiger partial charge on any atom is -0.490 e. The summed E-state index contributed by atoms with van der Waals surface area (Å²) in [6, 6.07) is 7.96. The largest absolute Gasteiger partial charge is 0.490 e. The van der Waals surface area contributed by atoms with Gasteiger partial charge in [-0.15, -0.1) is 0 Å². The lowest BCUT2D eigenvalue weighted by Gasteiger charge is -2.27. The molecule has 17 heavy (non-hydrogen) atoms. The van der Waals surface area contributed by atoms with Gasteiger partial charge in [0, 0.05) is 11.1 Å². The summed E-state index contributed by atoms with van der Waals surface area (Å²) in [6.07, 6.45) is 5.66. The molecule has 0 aliphatic heterocycles. The number of nitrogens with two attached hydrogens (primary N) is 1. The van der Waals surface area contributed by atoms with Gasteiger partial charge in [-0.05, 0) is 25.3 Å². The number of nitrogens with zero attached hydrogens (tertiary/aromatic N) is 1. The van der Waals surface area contributed by atoms with Crippen molar-refractivity contribution in [1.29, 1.82) is 0 Å². The fraction of sp³-hybridized carbons (Fsp3) is 0.308. The highest BCUT2D eigenvalue weighted by Gasteiger charge is 2.21. The predicted octanol–water partition coefficient (Wildman–Crippen LogP) is 2.59. The molecule has 88 valence electrons. The summed E-state index contributed by atoms with van der Waals surface area (Å²) in [4.78, 5) is 0. The van der Waals surface area contributed by atoms with Crippen molar-refractivity contribution < 1.29 is 4.74 Å². The molecule has 1 aromatic heterocycles. The molecule has 1 aliphatic carbocycles. The van der Waals surface area contributed by atoms with Crippen molar-refractivity contribution in [2.75, 3.05) is 5.73 Å². The van der Waals surface area contributed by atoms with Gasteiger partial charge in [0.2, 0.25) is 0 Å². The molecule has 1 aliphatic rings. The highest BCUT2D eigenvalue weighted by Crippen LogP contribution is 2.35. The number of nitrogens with one attached hydrogen (secondary N) is 1. The number of para-hydroxylation sites is 1. The smallest absolute Gasteiger partial charge is 0.127 e. The van der Waals surface area contributed by atoms with Crippen molar-refractivity contribution in [3.63, 3.8) is 0 Å². The van der Waals surface area contributed by atoms with E-state index in [1.807, 2.05) is 24.3 Å². The van der Waals surface area contributed by atoms with Gasteiger partial charge in [-0.25, -0.2) is 0 Å². The predicted molar refractivity (Wildman–Crippen MR) is 66.7 cm³/mol. The molecule has 3 rings (SSSR count). The van der Waals surface area contributed by atoms with Crippen LogP contribution in [0.4, 0.5) is 5.82 Å². The number of benzene rings is 1. The summed E-state index contributed by atoms with van der Waals surface area (Å²) in [5.74, 6) is 1.47. The van der Waals surface area contributed by atoms with Gasteiger partial charge in [0.15, 0.2) is 0 Å². The van der Waals surface area contributed by atoms with Crippen molar-refractivity contribution >= 4 is 5.82 Å². The van der Waals surface area contributed by atoms with E-state index in [4.69, 9.17) is 10.5 Å². The Morgan fingerprint density at radius 2 is 2.06 bits per heavy atom. The zero-order valence-corrected chi connectivity index (χ0v) is 9.52. The van der Waals surface area contributed by atoms with E-state index in [1.165, 1.54) is 6.42 Å². The van der Waals surface area contributed by atoms with Crippen LogP contribution < -0.4 is 10.5 Å². The van der Waals surface area contributed by atoms with Gasteiger partial charge in [-0.1, -0.05) is 18.2 Å². The molecule has 1 fully saturated rings. The minimum absolute atomic E-state index is 0.365. The molecule has 0 unspecified atom stereocenters. The lowest BCUT2D eigenvalue weighted by molar-refractivity contribution is 0.121. The van der Waals surface area contributed by atoms with Crippen LogP contribution >= 0.6 is 0 Å². The van der Waals surface area contributed by atoms with Crippen molar-refractivity contribution in [2.45, 2.75) is 25.4 Å². The number of ether oxygens (including phenoxy) is 1. The van der Waals surface area contributed by atoms with E-state index < -0.39 is 0 Å². The van der Waals surface area contributed by atoms with Crippen LogP contribution in [0.1, 0.15) is 19.3 Å². The van der Waals surface area contributed by atoms with Gasteiger partial charge in [-0.3, -0.25) is 5.10 Å². The molecule has 4 heteroatoms. The van der Waals surface area contributed by atoms with Gasteiger partial charge in [-0.2, -0.15) is 5.10 Å². The van der Waals surface area contributed by atoms with Gasteiger partial charge in [0.25, 0.3) is 0 Å². The van der Waals surface area contributed by atoms with Crippen molar-refractivity contribution in [3.05, 3.63) is 30.5 Å². The molecule has 2 aromatic rings. The molecule has 0 radical (unpaired) electrons. The number of hydrogen-bond donors (Lipinski definition) is 2. The van der Waals surface area contributed by atoms with Crippen molar-refractivity contribution in [3.8, 4) is 16.9 Å². The van der Waals surface area contributed by atoms with Crippen LogP contribution in [0.3, 0.4) is 0 Å². The topological polar surface area (TPSA) is 63.9 Å². The molecular formula is C13H15N3O. The highest BCUT2D eigenvalue weighted by atomic mass is 16.5. The average Bonchev–Trinajstić information content (AvgIpc) is 2.70.